The summed E-state index contributed by atoms with van der Waals surface area (Å²) in [5, 5.41) is 9.85. The Hall–Kier alpha value is -0.610. The van der Waals surface area contributed by atoms with Gasteiger partial charge in [0.25, 0.3) is 0 Å². The minimum Gasteiger partial charge on any atom is -0.389 e. The van der Waals surface area contributed by atoms with E-state index in [0.29, 0.717) is 6.54 Å². The molecule has 1 N–H and O–H groups in total. The Morgan fingerprint density at radius 1 is 1.41 bits per heavy atom. The first-order valence-electron chi connectivity index (χ1n) is 6.60. The van der Waals surface area contributed by atoms with Crippen molar-refractivity contribution in [3.8, 4) is 0 Å². The fourth-order valence-corrected chi connectivity index (χ4v) is 2.38. The predicted molar refractivity (Wildman–Crippen MR) is 68.8 cm³/mol. The first-order valence-corrected chi connectivity index (χ1v) is 6.60. The summed E-state index contributed by atoms with van der Waals surface area (Å²) in [5.41, 5.74) is -0.754. The molecule has 1 rings (SSSR count). The van der Waals surface area contributed by atoms with Crippen LogP contribution in [-0.2, 0) is 4.79 Å². The zero-order chi connectivity index (χ0) is 13.1. The minimum absolute atomic E-state index is 0.135. The molecule has 1 aliphatic rings. The molecule has 0 aliphatic carbocycles. The van der Waals surface area contributed by atoms with Crippen molar-refractivity contribution in [2.24, 2.45) is 0 Å². The third-order valence-electron chi connectivity index (χ3n) is 3.32. The molecule has 1 aliphatic heterocycles. The van der Waals surface area contributed by atoms with Gasteiger partial charge in [0.15, 0.2) is 0 Å². The quantitative estimate of drug-likeness (QED) is 0.785. The van der Waals surface area contributed by atoms with E-state index in [9.17, 15) is 9.90 Å². The normalized spacial score (nSPS) is 18.8. The summed E-state index contributed by atoms with van der Waals surface area (Å²) in [6.07, 6.45) is 2.24. The number of amides is 1. The van der Waals surface area contributed by atoms with Crippen molar-refractivity contribution in [2.45, 2.75) is 52.2 Å². The number of nitrogens with zero attached hydrogens (tertiary/aromatic N) is 2. The van der Waals surface area contributed by atoms with E-state index < -0.39 is 5.60 Å². The molecule has 1 amide bonds. The van der Waals surface area contributed by atoms with Crippen molar-refractivity contribution in [2.75, 3.05) is 26.2 Å². The monoisotopic (exact) mass is 242 g/mol. The van der Waals surface area contributed by atoms with Gasteiger partial charge in [-0.2, -0.15) is 0 Å². The highest BCUT2D eigenvalue weighted by atomic mass is 16.3. The van der Waals surface area contributed by atoms with Gasteiger partial charge in [0.2, 0.25) is 5.91 Å². The van der Waals surface area contributed by atoms with Gasteiger partial charge in [0, 0.05) is 19.6 Å². The second-order valence-electron chi connectivity index (χ2n) is 5.58. The van der Waals surface area contributed by atoms with E-state index in [1.807, 2.05) is 23.6 Å². The molecule has 0 spiro atoms. The molecule has 100 valence electrons. The molecule has 1 heterocycles. The average Bonchev–Trinajstić information content (AvgIpc) is 2.75. The third kappa shape index (κ3) is 4.28. The number of carbonyl (C=O) groups excluding carboxylic acids is 1. The van der Waals surface area contributed by atoms with Crippen LogP contribution in [0.5, 0.6) is 0 Å². The summed E-state index contributed by atoms with van der Waals surface area (Å²) in [7, 11) is 0. The highest BCUT2D eigenvalue weighted by Crippen LogP contribution is 2.14. The van der Waals surface area contributed by atoms with Crippen LogP contribution in [0.3, 0.4) is 0 Å². The number of likely N-dealkylation sites (tertiary alicyclic amines) is 1. The van der Waals surface area contributed by atoms with Crippen molar-refractivity contribution in [1.29, 1.82) is 0 Å². The second-order valence-corrected chi connectivity index (χ2v) is 5.58. The molecule has 1 fully saturated rings. The summed E-state index contributed by atoms with van der Waals surface area (Å²) >= 11 is 0. The SMILES string of the molecule is CCN(CC(C)(C)O)C(C)C(=O)N1CCCC1. The molecule has 17 heavy (non-hydrogen) atoms. The molecular formula is C13H26N2O2. The van der Waals surface area contributed by atoms with Gasteiger partial charge >= 0.3 is 0 Å². The van der Waals surface area contributed by atoms with Crippen LogP contribution in [-0.4, -0.2) is 58.6 Å². The second kappa shape index (κ2) is 5.83. The molecule has 4 heteroatoms. The van der Waals surface area contributed by atoms with Crippen molar-refractivity contribution in [3.05, 3.63) is 0 Å². The van der Waals surface area contributed by atoms with Crippen molar-refractivity contribution in [3.63, 3.8) is 0 Å². The lowest BCUT2D eigenvalue weighted by Gasteiger charge is -2.34. The zero-order valence-electron chi connectivity index (χ0n) is 11.6. The summed E-state index contributed by atoms with van der Waals surface area (Å²) in [5.74, 6) is 0.202. The van der Waals surface area contributed by atoms with Crippen LogP contribution in [0.1, 0.15) is 40.5 Å². The first-order chi connectivity index (χ1) is 7.85. The van der Waals surface area contributed by atoms with E-state index in [2.05, 4.69) is 0 Å². The van der Waals surface area contributed by atoms with E-state index >= 15 is 0 Å². The molecule has 1 saturated heterocycles. The molecular weight excluding hydrogens is 216 g/mol. The lowest BCUT2D eigenvalue weighted by Crippen LogP contribution is -2.50. The predicted octanol–water partition coefficient (Wildman–Crippen LogP) is 1.09. The zero-order valence-corrected chi connectivity index (χ0v) is 11.6. The van der Waals surface area contributed by atoms with Gasteiger partial charge < -0.3 is 10.0 Å². The number of hydrogen-bond donors (Lipinski definition) is 1. The molecule has 0 aromatic carbocycles. The number of aliphatic hydroxyl groups is 1. The van der Waals surface area contributed by atoms with E-state index in [1.54, 1.807) is 13.8 Å². The highest BCUT2D eigenvalue weighted by Gasteiger charge is 2.29. The van der Waals surface area contributed by atoms with Gasteiger partial charge in [0.05, 0.1) is 11.6 Å². The molecule has 4 nitrogen and oxygen atoms in total. The largest absolute Gasteiger partial charge is 0.389 e. The van der Waals surface area contributed by atoms with E-state index in [4.69, 9.17) is 0 Å². The molecule has 0 saturated carbocycles. The Balaban J connectivity index is 2.58. The van der Waals surface area contributed by atoms with Crippen molar-refractivity contribution in [1.82, 2.24) is 9.80 Å². The van der Waals surface area contributed by atoms with Crippen LogP contribution in [0.4, 0.5) is 0 Å². The van der Waals surface area contributed by atoms with Crippen LogP contribution in [0, 0.1) is 0 Å². The van der Waals surface area contributed by atoms with Gasteiger partial charge in [-0.1, -0.05) is 6.92 Å². The number of rotatable bonds is 5. The van der Waals surface area contributed by atoms with Crippen molar-refractivity contribution < 1.29 is 9.90 Å². The standard InChI is InChI=1S/C13H26N2O2/c1-5-14(10-13(3,4)17)11(2)12(16)15-8-6-7-9-15/h11,17H,5-10H2,1-4H3. The van der Waals surface area contributed by atoms with E-state index in [-0.39, 0.29) is 11.9 Å². The molecule has 1 unspecified atom stereocenters. The maximum absolute atomic E-state index is 12.2. The van der Waals surface area contributed by atoms with Crippen molar-refractivity contribution >= 4 is 5.91 Å². The molecule has 0 aromatic rings. The van der Waals surface area contributed by atoms with Gasteiger partial charge in [0.1, 0.15) is 0 Å². The number of hydrogen-bond acceptors (Lipinski definition) is 3. The average molecular weight is 242 g/mol. The third-order valence-corrected chi connectivity index (χ3v) is 3.32. The first kappa shape index (κ1) is 14.5. The van der Waals surface area contributed by atoms with Crippen LogP contribution in [0.15, 0.2) is 0 Å². The van der Waals surface area contributed by atoms with Gasteiger partial charge in [-0.05, 0) is 40.2 Å². The van der Waals surface area contributed by atoms with Crippen LogP contribution in [0.2, 0.25) is 0 Å². The van der Waals surface area contributed by atoms with Crippen LogP contribution in [0.25, 0.3) is 0 Å². The maximum Gasteiger partial charge on any atom is 0.239 e. The summed E-state index contributed by atoms with van der Waals surface area (Å²) in [4.78, 5) is 16.2. The Labute approximate surface area is 105 Å². The Kier molecular flexibility index (Phi) is 4.95. The van der Waals surface area contributed by atoms with Gasteiger partial charge in [-0.15, -0.1) is 0 Å². The Morgan fingerprint density at radius 2 is 1.94 bits per heavy atom. The Bertz CT molecular complexity index is 255. The summed E-state index contributed by atoms with van der Waals surface area (Å²) < 4.78 is 0. The summed E-state index contributed by atoms with van der Waals surface area (Å²) in [6.45, 7) is 10.6. The number of likely N-dealkylation sites (N-methyl/N-ethyl adjacent to an activating group) is 1. The van der Waals surface area contributed by atoms with Crippen LogP contribution < -0.4 is 0 Å². The van der Waals surface area contributed by atoms with Gasteiger partial charge in [-0.25, -0.2) is 0 Å². The number of carbonyl (C=O) groups is 1. The molecule has 0 radical (unpaired) electrons. The van der Waals surface area contributed by atoms with E-state index in [1.165, 1.54) is 0 Å². The van der Waals surface area contributed by atoms with E-state index in [0.717, 1.165) is 32.5 Å². The molecule has 0 bridgehead atoms. The van der Waals surface area contributed by atoms with Crippen LogP contribution >= 0.6 is 0 Å². The molecule has 0 aromatic heterocycles. The fraction of sp³-hybridized carbons (Fsp3) is 0.923. The minimum atomic E-state index is -0.754. The highest BCUT2D eigenvalue weighted by molar-refractivity contribution is 5.81. The topological polar surface area (TPSA) is 43.8 Å². The lowest BCUT2D eigenvalue weighted by atomic mass is 10.1. The molecule has 1 atom stereocenters. The lowest BCUT2D eigenvalue weighted by molar-refractivity contribution is -0.136. The Morgan fingerprint density at radius 3 is 2.35 bits per heavy atom. The summed E-state index contributed by atoms with van der Waals surface area (Å²) in [6, 6.07) is -0.135. The smallest absolute Gasteiger partial charge is 0.239 e. The fourth-order valence-electron chi connectivity index (χ4n) is 2.38. The van der Waals surface area contributed by atoms with Gasteiger partial charge in [-0.3, -0.25) is 9.69 Å². The maximum atomic E-state index is 12.2.